The van der Waals surface area contributed by atoms with Crippen molar-refractivity contribution in [3.63, 3.8) is 0 Å². The van der Waals surface area contributed by atoms with Gasteiger partial charge in [-0.25, -0.2) is 19.3 Å². The molecule has 0 saturated heterocycles. The molecule has 6 heterocycles. The third kappa shape index (κ3) is 7.65. The molecular weight excluding hydrogens is 779 g/mol. The van der Waals surface area contributed by atoms with Crippen LogP contribution < -0.4 is 9.47 Å². The Kier molecular flexibility index (Phi) is 9.16. The van der Waals surface area contributed by atoms with Gasteiger partial charge < -0.3 is 28.3 Å². The number of hydrogen-bond donors (Lipinski definition) is 2. The number of imidazole rings is 2. The highest BCUT2D eigenvalue weighted by atomic mass is 35.5. The van der Waals surface area contributed by atoms with Crippen molar-refractivity contribution in [2.45, 2.75) is 26.3 Å². The van der Waals surface area contributed by atoms with E-state index in [4.69, 9.17) is 41.5 Å². The predicted molar refractivity (Wildman–Crippen MR) is 216 cm³/mol. The molecule has 10 rings (SSSR count). The van der Waals surface area contributed by atoms with Gasteiger partial charge in [0.1, 0.15) is 60.7 Å². The zero-order valence-electron chi connectivity index (χ0n) is 30.3. The Bertz CT molecular complexity index is 2810. The molecule has 0 spiro atoms. The topological polar surface area (TPSA) is 164 Å². The van der Waals surface area contributed by atoms with Gasteiger partial charge in [0.15, 0.2) is 23.2 Å². The van der Waals surface area contributed by atoms with Crippen LogP contribution >= 0.6 is 23.2 Å². The molecule has 0 atom stereocenters. The van der Waals surface area contributed by atoms with E-state index in [1.807, 2.05) is 122 Å². The fourth-order valence-electron chi connectivity index (χ4n) is 6.46. The summed E-state index contributed by atoms with van der Waals surface area (Å²) >= 11 is 12.2. The van der Waals surface area contributed by atoms with Crippen LogP contribution in [0.1, 0.15) is 22.9 Å². The molecule has 0 amide bonds. The van der Waals surface area contributed by atoms with Crippen LogP contribution in [0.2, 0.25) is 10.0 Å². The van der Waals surface area contributed by atoms with E-state index >= 15 is 0 Å². The van der Waals surface area contributed by atoms with Crippen LogP contribution in [0.25, 0.3) is 56.4 Å². The lowest BCUT2D eigenvalue weighted by atomic mass is 10.1. The maximum Gasteiger partial charge on any atom is 0.174 e. The number of benzene rings is 4. The molecule has 2 N–H and O–H groups in total. The Morgan fingerprint density at radius 1 is 0.534 bits per heavy atom. The third-order valence-electron chi connectivity index (χ3n) is 9.30. The first kappa shape index (κ1) is 35.3. The van der Waals surface area contributed by atoms with Gasteiger partial charge in [0, 0.05) is 10.0 Å². The second kappa shape index (κ2) is 15.1. The Morgan fingerprint density at radius 3 is 1.43 bits per heavy atom. The number of aromatic amines is 2. The molecule has 0 radical (unpaired) electrons. The van der Waals surface area contributed by atoms with E-state index in [1.165, 1.54) is 0 Å². The van der Waals surface area contributed by atoms with Crippen LogP contribution in [-0.4, -0.2) is 49.9 Å². The molecule has 0 fully saturated rings. The number of halogens is 2. The summed E-state index contributed by atoms with van der Waals surface area (Å²) in [5.41, 5.74) is 6.80. The van der Waals surface area contributed by atoms with E-state index in [9.17, 15) is 0 Å². The lowest BCUT2D eigenvalue weighted by Gasteiger charge is -2.08. The van der Waals surface area contributed by atoms with Crippen LogP contribution in [0.3, 0.4) is 0 Å². The summed E-state index contributed by atoms with van der Waals surface area (Å²) in [6.45, 7) is 1.37. The smallest absolute Gasteiger partial charge is 0.174 e. The molecule has 0 aliphatic rings. The lowest BCUT2D eigenvalue weighted by molar-refractivity contribution is 0.301. The summed E-state index contributed by atoms with van der Waals surface area (Å²) in [6, 6.07) is 34.3. The zero-order valence-corrected chi connectivity index (χ0v) is 31.9. The minimum absolute atomic E-state index is 0.272. The first-order chi connectivity index (χ1) is 28.4. The third-order valence-corrected chi connectivity index (χ3v) is 9.77. The number of ether oxygens (including phenoxy) is 2. The molecule has 0 saturated carbocycles. The van der Waals surface area contributed by atoms with Crippen molar-refractivity contribution in [3.8, 4) is 45.8 Å². The van der Waals surface area contributed by atoms with Gasteiger partial charge in [-0.05, 0) is 96.1 Å². The number of H-pyrrole nitrogens is 2. The molecule has 16 heteroatoms. The molecule has 0 unspecified atom stereocenters. The fraction of sp³-hybridized carbons (Fsp3) is 0.0952. The zero-order chi connectivity index (χ0) is 39.0. The van der Waals surface area contributed by atoms with Crippen molar-refractivity contribution in [3.05, 3.63) is 155 Å². The van der Waals surface area contributed by atoms with E-state index in [-0.39, 0.29) is 13.2 Å². The Hall–Kier alpha value is -7.16. The number of nitrogens with one attached hydrogen (secondary N) is 2. The second-order valence-electron chi connectivity index (χ2n) is 13.5. The summed E-state index contributed by atoms with van der Waals surface area (Å²) in [7, 11) is 0. The first-order valence-corrected chi connectivity index (χ1v) is 18.9. The molecule has 58 heavy (non-hydrogen) atoms. The minimum atomic E-state index is 0.272. The highest BCUT2D eigenvalue weighted by Gasteiger charge is 2.14. The van der Waals surface area contributed by atoms with E-state index in [2.05, 4.69) is 40.6 Å². The van der Waals surface area contributed by atoms with Gasteiger partial charge in [-0.1, -0.05) is 57.9 Å². The fourth-order valence-corrected chi connectivity index (χ4v) is 6.81. The van der Waals surface area contributed by atoms with Crippen LogP contribution in [0.5, 0.6) is 11.5 Å². The molecule has 0 aliphatic heterocycles. The number of aromatic nitrogens is 10. The quantitative estimate of drug-likeness (QED) is 0.115. The Labute approximate surface area is 339 Å². The van der Waals surface area contributed by atoms with Crippen molar-refractivity contribution in [2.24, 2.45) is 0 Å². The molecule has 14 nitrogen and oxygen atoms in total. The van der Waals surface area contributed by atoms with E-state index < -0.39 is 0 Å². The van der Waals surface area contributed by atoms with E-state index in [0.29, 0.717) is 57.7 Å². The van der Waals surface area contributed by atoms with Gasteiger partial charge in [0.25, 0.3) is 0 Å². The van der Waals surface area contributed by atoms with Gasteiger partial charge in [0.2, 0.25) is 0 Å². The number of rotatable bonds is 13. The normalized spacial score (nSPS) is 11.6. The number of nitrogens with zero attached hydrogens (tertiary/aromatic N) is 8. The summed E-state index contributed by atoms with van der Waals surface area (Å²) in [5, 5.41) is 18.3. The molecule has 4 aromatic carbocycles. The van der Waals surface area contributed by atoms with Crippen LogP contribution in [0.4, 0.5) is 0 Å². The maximum absolute atomic E-state index is 6.11. The highest BCUT2D eigenvalue weighted by molar-refractivity contribution is 6.31. The monoisotopic (exact) mass is 808 g/mol. The van der Waals surface area contributed by atoms with Crippen molar-refractivity contribution in [1.29, 1.82) is 0 Å². The van der Waals surface area contributed by atoms with Crippen molar-refractivity contribution >= 4 is 45.3 Å². The average Bonchev–Trinajstić information content (AvgIpc) is 4.10. The van der Waals surface area contributed by atoms with Crippen LogP contribution in [0, 0.1) is 0 Å². The van der Waals surface area contributed by atoms with Crippen molar-refractivity contribution < 1.29 is 18.3 Å². The SMILES string of the molecule is Clc1ccc2nc(-c3ccc(Cn4cc(COc5ccc(-c6ccc(OCc7cn(Cc8ccc(-c9nc%10ccc(Cl)cc%10[nH]9)o8)nn7)cc6)cc5)nn4)o3)[nH]c2c1. The summed E-state index contributed by atoms with van der Waals surface area (Å²) < 4.78 is 27.5. The number of furan rings is 2. The molecule has 0 aliphatic carbocycles. The highest BCUT2D eigenvalue weighted by Crippen LogP contribution is 2.28. The number of fused-ring (bicyclic) bond motifs is 2. The van der Waals surface area contributed by atoms with E-state index in [0.717, 1.165) is 56.2 Å². The van der Waals surface area contributed by atoms with Gasteiger partial charge in [-0.15, -0.1) is 10.2 Å². The molecule has 286 valence electrons. The summed E-state index contributed by atoms with van der Waals surface area (Å²) in [6.07, 6.45) is 3.67. The Balaban J connectivity index is 0.688. The molecule has 6 aromatic heterocycles. The number of hydrogen-bond acceptors (Lipinski definition) is 10. The van der Waals surface area contributed by atoms with E-state index in [1.54, 1.807) is 9.36 Å². The van der Waals surface area contributed by atoms with Gasteiger partial charge in [-0.3, -0.25) is 0 Å². The summed E-state index contributed by atoms with van der Waals surface area (Å²) in [4.78, 5) is 15.7. The van der Waals surface area contributed by atoms with Crippen LogP contribution in [0.15, 0.2) is 130 Å². The van der Waals surface area contributed by atoms with Crippen LogP contribution in [-0.2, 0) is 26.3 Å². The van der Waals surface area contributed by atoms with Crippen molar-refractivity contribution in [2.75, 3.05) is 0 Å². The standard InChI is InChI=1S/C42H30Cl2N10O4/c43-27-5-13-35-37(17-27)47-41(45-35)39-15-11-33(57-39)21-53-19-29(49-51-53)23-55-31-7-1-25(2-8-31)26-3-9-32(10-4-26)56-24-30-20-54(52-50-30)22-34-12-16-40(58-34)42-46-36-14-6-28(44)18-38(36)48-42/h1-20H,21-24H2,(H,45,47)(H,46,48). The maximum atomic E-state index is 6.11. The Morgan fingerprint density at radius 2 is 0.983 bits per heavy atom. The molecule has 10 aromatic rings. The second-order valence-corrected chi connectivity index (χ2v) is 14.3. The van der Waals surface area contributed by atoms with Gasteiger partial charge >= 0.3 is 0 Å². The van der Waals surface area contributed by atoms with Gasteiger partial charge in [-0.2, -0.15) is 0 Å². The largest absolute Gasteiger partial charge is 0.487 e. The van der Waals surface area contributed by atoms with Crippen molar-refractivity contribution in [1.82, 2.24) is 49.9 Å². The predicted octanol–water partition coefficient (Wildman–Crippen LogP) is 9.37. The lowest BCUT2D eigenvalue weighted by Crippen LogP contribution is -1.99. The summed E-state index contributed by atoms with van der Waals surface area (Å²) in [5.74, 6) is 5.40. The average molecular weight is 810 g/mol. The first-order valence-electron chi connectivity index (χ1n) is 18.2. The molecular formula is C42H30Cl2N10O4. The molecule has 0 bridgehead atoms. The minimum Gasteiger partial charge on any atom is -0.487 e. The van der Waals surface area contributed by atoms with Gasteiger partial charge in [0.05, 0.1) is 34.5 Å².